The van der Waals surface area contributed by atoms with Crippen molar-refractivity contribution in [3.63, 3.8) is 0 Å². The summed E-state index contributed by atoms with van der Waals surface area (Å²) in [5, 5.41) is 0. The molecule has 0 radical (unpaired) electrons. The van der Waals surface area contributed by atoms with E-state index in [1.165, 1.54) is 6.26 Å². The third-order valence-electron chi connectivity index (χ3n) is 0.854. The fraction of sp³-hybridized carbons (Fsp3) is 1.00. The van der Waals surface area contributed by atoms with E-state index in [2.05, 4.69) is 4.18 Å². The van der Waals surface area contributed by atoms with Gasteiger partial charge in [-0.05, 0) is 6.42 Å². The molecule has 0 aromatic heterocycles. The van der Waals surface area contributed by atoms with Crippen LogP contribution in [-0.2, 0) is 15.3 Å². The van der Waals surface area contributed by atoms with Crippen LogP contribution in [0.3, 0.4) is 0 Å². The van der Waals surface area contributed by atoms with Crippen molar-refractivity contribution in [1.29, 1.82) is 0 Å². The number of halogens is 3. The highest BCUT2D eigenvalue weighted by atomic mass is 32.2. The lowest BCUT2D eigenvalue weighted by atomic mass is 10.5. The van der Waals surface area contributed by atoms with Crippen LogP contribution in [0.1, 0.15) is 6.42 Å². The van der Waals surface area contributed by atoms with Gasteiger partial charge in [-0.3, -0.25) is 4.18 Å². The molecule has 0 aliphatic heterocycles. The van der Waals surface area contributed by atoms with Crippen LogP contribution in [0.4, 0.5) is 12.3 Å². The molecule has 0 aliphatic carbocycles. The molecule has 0 rings (SSSR count). The average molecular weight is 206 g/mol. The van der Waals surface area contributed by atoms with Gasteiger partial charge in [0.15, 0.2) is 11.1 Å². The fourth-order valence-electron chi connectivity index (χ4n) is 0.449. The Morgan fingerprint density at radius 3 is 2.36 bits per heavy atom. The number of hydrogen-bond donors (Lipinski definition) is 0. The molecule has 0 aliphatic rings. The van der Waals surface area contributed by atoms with Crippen LogP contribution in [0, 0.1) is 0 Å². The van der Waals surface area contributed by atoms with E-state index in [0.29, 0.717) is 0 Å². The first-order chi connectivity index (χ1) is 4.92. The second-order valence-electron chi connectivity index (χ2n) is 1.94. The largest absolute Gasteiger partial charge is 0.616 e. The Kier molecular flexibility index (Phi) is 4.94. The van der Waals surface area contributed by atoms with Crippen LogP contribution in [-0.4, -0.2) is 26.1 Å². The molecule has 1 unspecified atom stereocenters. The Morgan fingerprint density at radius 1 is 1.45 bits per heavy atom. The van der Waals surface area contributed by atoms with Gasteiger partial charge in [0.05, 0.1) is 6.61 Å². The van der Waals surface area contributed by atoms with Gasteiger partial charge >= 0.3 is 9.08 Å². The van der Waals surface area contributed by atoms with Gasteiger partial charge in [0.25, 0.3) is 0 Å². The summed E-state index contributed by atoms with van der Waals surface area (Å²) in [6.07, 6.45) is 1.21. The first-order valence-corrected chi connectivity index (χ1v) is 6.27. The highest BCUT2D eigenvalue weighted by Gasteiger charge is 2.35. The molecule has 0 saturated carbocycles. The van der Waals surface area contributed by atoms with E-state index in [0.717, 1.165) is 0 Å². The first kappa shape index (κ1) is 11.1. The van der Waals surface area contributed by atoms with Crippen molar-refractivity contribution in [2.24, 2.45) is 0 Å². The Balaban J connectivity index is 3.22. The molecular formula is C4H9F3O2SSi. The quantitative estimate of drug-likeness (QED) is 0.387. The van der Waals surface area contributed by atoms with Gasteiger partial charge in [0, 0.05) is 12.3 Å². The van der Waals surface area contributed by atoms with E-state index < -0.39 is 26.2 Å². The Hall–Kier alpha value is 0.117. The van der Waals surface area contributed by atoms with Crippen LogP contribution >= 0.6 is 0 Å². The maximum absolute atomic E-state index is 11.6. The number of hydrogen-bond acceptors (Lipinski definition) is 2. The topological polar surface area (TPSA) is 26.3 Å². The maximum Gasteiger partial charge on any atom is 0.616 e. The molecule has 0 heterocycles. The molecule has 0 fully saturated rings. The van der Waals surface area contributed by atoms with Gasteiger partial charge in [0.1, 0.15) is 0 Å². The lowest BCUT2D eigenvalue weighted by Crippen LogP contribution is -2.15. The van der Waals surface area contributed by atoms with Crippen molar-refractivity contribution in [2.75, 3.05) is 12.9 Å². The Bertz CT molecular complexity index is 138. The van der Waals surface area contributed by atoms with Crippen LogP contribution in [0.25, 0.3) is 0 Å². The zero-order chi connectivity index (χ0) is 8.91. The van der Waals surface area contributed by atoms with Crippen LogP contribution in [0.5, 0.6) is 0 Å². The summed E-state index contributed by atoms with van der Waals surface area (Å²) in [4.78, 5) is 0. The highest BCUT2D eigenvalue weighted by Crippen LogP contribution is 2.16. The zero-order valence-corrected chi connectivity index (χ0v) is 7.80. The van der Waals surface area contributed by atoms with E-state index in [-0.39, 0.29) is 13.0 Å². The summed E-state index contributed by atoms with van der Waals surface area (Å²) in [6, 6.07) is -0.746. The fourth-order valence-corrected chi connectivity index (χ4v) is 1.35. The second-order valence-corrected chi connectivity index (χ2v) is 4.71. The third kappa shape index (κ3) is 10.1. The molecule has 7 heteroatoms. The molecule has 2 nitrogen and oxygen atoms in total. The van der Waals surface area contributed by atoms with Gasteiger partial charge in [0.2, 0.25) is 0 Å². The third-order valence-corrected chi connectivity index (χ3v) is 2.27. The van der Waals surface area contributed by atoms with Gasteiger partial charge in [-0.15, -0.1) is 0 Å². The predicted molar refractivity (Wildman–Crippen MR) is 38.5 cm³/mol. The van der Waals surface area contributed by atoms with Crippen molar-refractivity contribution >= 4 is 20.2 Å². The molecule has 1 atom stereocenters. The molecule has 11 heavy (non-hydrogen) atoms. The van der Waals surface area contributed by atoms with Gasteiger partial charge < -0.3 is 0 Å². The van der Waals surface area contributed by atoms with Crippen molar-refractivity contribution < 1.29 is 20.7 Å². The molecule has 0 N–H and O–H groups in total. The molecule has 0 saturated heterocycles. The van der Waals surface area contributed by atoms with Crippen molar-refractivity contribution in [2.45, 2.75) is 12.5 Å². The predicted octanol–water partition coefficient (Wildman–Crippen LogP) is 1.53. The van der Waals surface area contributed by atoms with E-state index in [4.69, 9.17) is 0 Å². The van der Waals surface area contributed by atoms with E-state index >= 15 is 0 Å². The van der Waals surface area contributed by atoms with Crippen molar-refractivity contribution in [3.8, 4) is 0 Å². The molecule has 0 spiro atoms. The molecular weight excluding hydrogens is 197 g/mol. The minimum absolute atomic E-state index is 0.0738. The smallest absolute Gasteiger partial charge is 0.291 e. The van der Waals surface area contributed by atoms with Crippen molar-refractivity contribution in [3.05, 3.63) is 0 Å². The lowest BCUT2D eigenvalue weighted by molar-refractivity contribution is 0.340. The lowest BCUT2D eigenvalue weighted by Gasteiger charge is -2.01. The number of rotatable bonds is 5. The monoisotopic (exact) mass is 206 g/mol. The van der Waals surface area contributed by atoms with E-state index in [1.807, 2.05) is 0 Å². The van der Waals surface area contributed by atoms with Gasteiger partial charge in [-0.2, -0.15) is 0 Å². The Labute approximate surface area is 66.9 Å². The summed E-state index contributed by atoms with van der Waals surface area (Å²) in [7, 11) is -5.41. The summed E-state index contributed by atoms with van der Waals surface area (Å²) in [5.74, 6) is 0. The minimum Gasteiger partial charge on any atom is -0.291 e. The normalized spacial score (nSPS) is 14.9. The first-order valence-electron chi connectivity index (χ1n) is 2.95. The molecule has 0 amide bonds. The van der Waals surface area contributed by atoms with Crippen LogP contribution in [0.2, 0.25) is 6.04 Å². The molecule has 0 bridgehead atoms. The summed E-state index contributed by atoms with van der Waals surface area (Å²) >= 11 is -1.45. The van der Waals surface area contributed by atoms with E-state index in [1.54, 1.807) is 0 Å². The minimum atomic E-state index is -5.41. The summed E-state index contributed by atoms with van der Waals surface area (Å²) in [5.41, 5.74) is 0. The summed E-state index contributed by atoms with van der Waals surface area (Å²) in [6.45, 7) is -0.0738. The molecule has 68 valence electrons. The second kappa shape index (κ2) is 4.89. The summed E-state index contributed by atoms with van der Waals surface area (Å²) < 4.78 is 49.4. The average Bonchev–Trinajstić information content (AvgIpc) is 1.78. The highest BCUT2D eigenvalue weighted by molar-refractivity contribution is 7.79. The molecule has 0 aromatic carbocycles. The Morgan fingerprint density at radius 2 is 2.00 bits per heavy atom. The maximum atomic E-state index is 11.6. The van der Waals surface area contributed by atoms with Gasteiger partial charge in [-0.1, -0.05) is 0 Å². The van der Waals surface area contributed by atoms with Gasteiger partial charge in [-0.25, -0.2) is 16.5 Å². The van der Waals surface area contributed by atoms with Crippen LogP contribution < -0.4 is 0 Å². The standard InChI is InChI=1S/C4H9F3O2SSi/c1-10(8)9-3-2-4-11(5,6)7/h2-4H2,1H3. The molecule has 0 aromatic rings. The SMILES string of the molecule is CS(=O)OCCC[Si](F)(F)F. The zero-order valence-electron chi connectivity index (χ0n) is 5.98. The van der Waals surface area contributed by atoms with Crippen molar-refractivity contribution in [1.82, 2.24) is 0 Å². The van der Waals surface area contributed by atoms with E-state index in [9.17, 15) is 16.5 Å². The van der Waals surface area contributed by atoms with Crippen LogP contribution in [0.15, 0.2) is 0 Å².